The van der Waals surface area contributed by atoms with Crippen molar-refractivity contribution < 1.29 is 4.39 Å². The first kappa shape index (κ1) is 10.1. The van der Waals surface area contributed by atoms with Gasteiger partial charge in [-0.15, -0.1) is 0 Å². The molecule has 1 aromatic rings. The molecule has 2 N–H and O–H groups in total. The molecule has 1 aromatic carbocycles. The van der Waals surface area contributed by atoms with Crippen LogP contribution in [0.2, 0.25) is 0 Å². The van der Waals surface area contributed by atoms with Gasteiger partial charge >= 0.3 is 0 Å². The summed E-state index contributed by atoms with van der Waals surface area (Å²) in [5.74, 6) is -0.156. The first-order valence-electron chi connectivity index (χ1n) is 4.82. The standard InChI is InChI=1S/C11H13BrFN/c12-9-3-2-8(10(13)6-9)7-11(14)4-1-5-11/h2-3,6H,1,4-5,7,14H2. The minimum absolute atomic E-state index is 0.144. The Morgan fingerprint density at radius 2 is 2.14 bits per heavy atom. The van der Waals surface area contributed by atoms with E-state index in [1.807, 2.05) is 12.1 Å². The maximum Gasteiger partial charge on any atom is 0.127 e. The van der Waals surface area contributed by atoms with Gasteiger partial charge in [-0.3, -0.25) is 0 Å². The van der Waals surface area contributed by atoms with E-state index in [-0.39, 0.29) is 11.4 Å². The SMILES string of the molecule is NC1(Cc2ccc(Br)cc2F)CCC1. The monoisotopic (exact) mass is 257 g/mol. The van der Waals surface area contributed by atoms with Gasteiger partial charge in [0.15, 0.2) is 0 Å². The molecule has 1 fully saturated rings. The van der Waals surface area contributed by atoms with Crippen LogP contribution in [0, 0.1) is 5.82 Å². The van der Waals surface area contributed by atoms with Gasteiger partial charge in [0.05, 0.1) is 0 Å². The first-order valence-corrected chi connectivity index (χ1v) is 5.61. The van der Waals surface area contributed by atoms with Crippen LogP contribution < -0.4 is 5.73 Å². The van der Waals surface area contributed by atoms with Gasteiger partial charge in [0, 0.05) is 10.0 Å². The third-order valence-electron chi connectivity index (χ3n) is 2.91. The van der Waals surface area contributed by atoms with E-state index in [0.29, 0.717) is 6.42 Å². The molecule has 0 atom stereocenters. The second-order valence-electron chi connectivity index (χ2n) is 4.13. The van der Waals surface area contributed by atoms with Gasteiger partial charge < -0.3 is 5.73 Å². The van der Waals surface area contributed by atoms with E-state index in [4.69, 9.17) is 5.73 Å². The molecular formula is C11H13BrFN. The summed E-state index contributed by atoms with van der Waals surface area (Å²) in [6.07, 6.45) is 3.87. The minimum atomic E-state index is -0.156. The van der Waals surface area contributed by atoms with Crippen molar-refractivity contribution in [2.75, 3.05) is 0 Å². The maximum atomic E-state index is 13.5. The van der Waals surface area contributed by atoms with Crippen molar-refractivity contribution in [3.63, 3.8) is 0 Å². The number of rotatable bonds is 2. The van der Waals surface area contributed by atoms with E-state index in [2.05, 4.69) is 15.9 Å². The van der Waals surface area contributed by atoms with Crippen molar-refractivity contribution in [2.45, 2.75) is 31.2 Å². The molecule has 0 aliphatic heterocycles. The van der Waals surface area contributed by atoms with Crippen LogP contribution in [0.5, 0.6) is 0 Å². The average molecular weight is 258 g/mol. The Morgan fingerprint density at radius 3 is 2.64 bits per heavy atom. The van der Waals surface area contributed by atoms with Crippen molar-refractivity contribution in [1.29, 1.82) is 0 Å². The second kappa shape index (κ2) is 3.63. The second-order valence-corrected chi connectivity index (χ2v) is 5.04. The van der Waals surface area contributed by atoms with Crippen molar-refractivity contribution in [2.24, 2.45) is 5.73 Å². The molecule has 1 saturated carbocycles. The molecule has 0 radical (unpaired) electrons. The van der Waals surface area contributed by atoms with E-state index in [0.717, 1.165) is 22.9 Å². The first-order chi connectivity index (χ1) is 6.59. The molecule has 76 valence electrons. The molecule has 1 aliphatic rings. The Hall–Kier alpha value is -0.410. The Bertz CT molecular complexity index is 347. The zero-order valence-corrected chi connectivity index (χ0v) is 9.48. The summed E-state index contributed by atoms with van der Waals surface area (Å²) in [7, 11) is 0. The molecule has 3 heteroatoms. The molecule has 0 aromatic heterocycles. The highest BCUT2D eigenvalue weighted by molar-refractivity contribution is 9.10. The Labute approximate surface area is 91.6 Å². The van der Waals surface area contributed by atoms with E-state index in [1.165, 1.54) is 12.5 Å². The van der Waals surface area contributed by atoms with Crippen molar-refractivity contribution >= 4 is 15.9 Å². The van der Waals surface area contributed by atoms with Gasteiger partial charge in [-0.25, -0.2) is 4.39 Å². The summed E-state index contributed by atoms with van der Waals surface area (Å²) in [6, 6.07) is 5.17. The summed E-state index contributed by atoms with van der Waals surface area (Å²) in [5, 5.41) is 0. The van der Waals surface area contributed by atoms with E-state index in [9.17, 15) is 4.39 Å². The zero-order valence-electron chi connectivity index (χ0n) is 7.89. The lowest BCUT2D eigenvalue weighted by Crippen LogP contribution is -2.48. The van der Waals surface area contributed by atoms with Gasteiger partial charge in [-0.2, -0.15) is 0 Å². The van der Waals surface area contributed by atoms with Gasteiger partial charge in [0.1, 0.15) is 5.82 Å². The predicted molar refractivity (Wildman–Crippen MR) is 58.6 cm³/mol. The molecule has 0 heterocycles. The number of hydrogen-bond donors (Lipinski definition) is 1. The number of hydrogen-bond acceptors (Lipinski definition) is 1. The third-order valence-corrected chi connectivity index (χ3v) is 3.40. The molecule has 0 bridgehead atoms. The number of benzene rings is 1. The Balaban J connectivity index is 2.16. The number of nitrogens with two attached hydrogens (primary N) is 1. The van der Waals surface area contributed by atoms with Crippen molar-refractivity contribution in [3.8, 4) is 0 Å². The van der Waals surface area contributed by atoms with Gasteiger partial charge in [-0.05, 0) is 43.4 Å². The van der Waals surface area contributed by atoms with Crippen LogP contribution in [0.25, 0.3) is 0 Å². The highest BCUT2D eigenvalue weighted by Gasteiger charge is 2.33. The largest absolute Gasteiger partial charge is 0.325 e. The topological polar surface area (TPSA) is 26.0 Å². The molecule has 0 amide bonds. The molecular weight excluding hydrogens is 245 g/mol. The lowest BCUT2D eigenvalue weighted by molar-refractivity contribution is 0.245. The quantitative estimate of drug-likeness (QED) is 0.866. The molecule has 14 heavy (non-hydrogen) atoms. The molecule has 0 spiro atoms. The fraction of sp³-hybridized carbons (Fsp3) is 0.455. The Morgan fingerprint density at radius 1 is 1.43 bits per heavy atom. The van der Waals surface area contributed by atoms with Crippen LogP contribution in [-0.2, 0) is 6.42 Å². The fourth-order valence-electron chi connectivity index (χ4n) is 1.85. The van der Waals surface area contributed by atoms with Crippen LogP contribution in [-0.4, -0.2) is 5.54 Å². The normalized spacial score (nSPS) is 19.1. The lowest BCUT2D eigenvalue weighted by Gasteiger charge is -2.38. The lowest BCUT2D eigenvalue weighted by atomic mass is 9.74. The summed E-state index contributed by atoms with van der Waals surface area (Å²) in [6.45, 7) is 0. The molecule has 2 rings (SSSR count). The van der Waals surface area contributed by atoms with Crippen LogP contribution in [0.15, 0.2) is 22.7 Å². The maximum absolute atomic E-state index is 13.5. The van der Waals surface area contributed by atoms with E-state index >= 15 is 0 Å². The summed E-state index contributed by atoms with van der Waals surface area (Å²) >= 11 is 3.24. The van der Waals surface area contributed by atoms with Crippen molar-refractivity contribution in [3.05, 3.63) is 34.1 Å². The molecule has 1 aliphatic carbocycles. The van der Waals surface area contributed by atoms with Crippen molar-refractivity contribution in [1.82, 2.24) is 0 Å². The predicted octanol–water partition coefficient (Wildman–Crippen LogP) is 3.01. The summed E-state index contributed by atoms with van der Waals surface area (Å²) in [5.41, 5.74) is 6.65. The van der Waals surface area contributed by atoms with Gasteiger partial charge in [0.25, 0.3) is 0 Å². The smallest absolute Gasteiger partial charge is 0.127 e. The van der Waals surface area contributed by atoms with Crippen LogP contribution in [0.4, 0.5) is 4.39 Å². The fourth-order valence-corrected chi connectivity index (χ4v) is 2.19. The average Bonchev–Trinajstić information content (AvgIpc) is 2.07. The Kier molecular flexibility index (Phi) is 2.62. The van der Waals surface area contributed by atoms with Gasteiger partial charge in [-0.1, -0.05) is 22.0 Å². The summed E-state index contributed by atoms with van der Waals surface area (Å²) < 4.78 is 14.2. The van der Waals surface area contributed by atoms with E-state index in [1.54, 1.807) is 0 Å². The van der Waals surface area contributed by atoms with Gasteiger partial charge in [0.2, 0.25) is 0 Å². The molecule has 0 saturated heterocycles. The minimum Gasteiger partial charge on any atom is -0.325 e. The van der Waals surface area contributed by atoms with E-state index < -0.39 is 0 Å². The van der Waals surface area contributed by atoms with Crippen LogP contribution in [0.3, 0.4) is 0 Å². The molecule has 1 nitrogen and oxygen atoms in total. The van der Waals surface area contributed by atoms with Crippen LogP contribution in [0.1, 0.15) is 24.8 Å². The number of halogens is 2. The zero-order chi connectivity index (χ0) is 10.2. The highest BCUT2D eigenvalue weighted by Crippen LogP contribution is 2.33. The highest BCUT2D eigenvalue weighted by atomic mass is 79.9. The van der Waals surface area contributed by atoms with Crippen LogP contribution >= 0.6 is 15.9 Å². The third kappa shape index (κ3) is 1.98. The summed E-state index contributed by atoms with van der Waals surface area (Å²) in [4.78, 5) is 0. The molecule has 0 unspecified atom stereocenters.